The Bertz CT molecular complexity index is 430. The number of pyridine rings is 1. The van der Waals surface area contributed by atoms with Gasteiger partial charge in [-0.05, 0) is 12.1 Å². The van der Waals surface area contributed by atoms with E-state index in [-0.39, 0.29) is 6.42 Å². The molecule has 0 saturated carbocycles. The zero-order valence-corrected chi connectivity index (χ0v) is 9.44. The molecule has 7 heteroatoms. The second kappa shape index (κ2) is 6.33. The minimum atomic E-state index is -1.26. The van der Waals surface area contributed by atoms with Crippen LogP contribution in [0.5, 0.6) is 0 Å². The Morgan fingerprint density at radius 1 is 1.11 bits per heavy atom. The molecule has 0 saturated heterocycles. The van der Waals surface area contributed by atoms with Crippen molar-refractivity contribution in [1.29, 1.82) is 0 Å². The summed E-state index contributed by atoms with van der Waals surface area (Å²) in [6.07, 6.45) is 1.38. The molecule has 0 bridgehead atoms. The van der Waals surface area contributed by atoms with Crippen LogP contribution < -0.4 is 0 Å². The Morgan fingerprint density at radius 3 is 2.17 bits per heavy atom. The number of hydrogen-bond acceptors (Lipinski definition) is 4. The van der Waals surface area contributed by atoms with Crippen molar-refractivity contribution in [1.82, 2.24) is 9.88 Å². The summed E-state index contributed by atoms with van der Waals surface area (Å²) in [4.78, 5) is 37.5. The average molecular weight is 252 g/mol. The summed E-state index contributed by atoms with van der Waals surface area (Å²) < 4.78 is 0. The minimum Gasteiger partial charge on any atom is -0.480 e. The number of aliphatic carboxylic acids is 2. The summed E-state index contributed by atoms with van der Waals surface area (Å²) in [5.74, 6) is -3.10. The Kier molecular flexibility index (Phi) is 4.79. The number of rotatable bonds is 6. The summed E-state index contributed by atoms with van der Waals surface area (Å²) in [6, 6.07) is 4.98. The number of carbonyl (C=O) groups is 3. The Labute approximate surface area is 103 Å². The molecule has 0 aliphatic rings. The van der Waals surface area contributed by atoms with Gasteiger partial charge in [0.15, 0.2) is 0 Å². The van der Waals surface area contributed by atoms with E-state index in [9.17, 15) is 14.4 Å². The number of carboxylic acid groups (broad SMARTS) is 2. The first-order chi connectivity index (χ1) is 8.49. The monoisotopic (exact) mass is 252 g/mol. The van der Waals surface area contributed by atoms with Gasteiger partial charge in [-0.1, -0.05) is 6.07 Å². The molecule has 2 N–H and O–H groups in total. The molecule has 96 valence electrons. The molecule has 0 unspecified atom stereocenters. The molecule has 0 aliphatic carbocycles. The maximum absolute atomic E-state index is 11.7. The highest BCUT2D eigenvalue weighted by atomic mass is 16.4. The van der Waals surface area contributed by atoms with E-state index in [2.05, 4.69) is 4.98 Å². The lowest BCUT2D eigenvalue weighted by molar-refractivity contribution is -0.149. The highest BCUT2D eigenvalue weighted by Gasteiger charge is 2.19. The highest BCUT2D eigenvalue weighted by Crippen LogP contribution is 2.00. The quantitative estimate of drug-likeness (QED) is 0.714. The minimum absolute atomic E-state index is 0.124. The van der Waals surface area contributed by atoms with Crippen LogP contribution in [0, 0.1) is 0 Å². The van der Waals surface area contributed by atoms with E-state index in [4.69, 9.17) is 10.2 Å². The molecule has 1 aromatic heterocycles. The van der Waals surface area contributed by atoms with Crippen LogP contribution in [0.15, 0.2) is 24.4 Å². The first kappa shape index (κ1) is 13.6. The zero-order valence-electron chi connectivity index (χ0n) is 9.44. The fourth-order valence-electron chi connectivity index (χ4n) is 1.33. The molecule has 0 atom stereocenters. The molecule has 1 amide bonds. The molecule has 1 rings (SSSR count). The van der Waals surface area contributed by atoms with Gasteiger partial charge in [-0.25, -0.2) is 0 Å². The van der Waals surface area contributed by atoms with Gasteiger partial charge < -0.3 is 15.1 Å². The second-order valence-corrected chi connectivity index (χ2v) is 3.54. The molecule has 0 fully saturated rings. The van der Waals surface area contributed by atoms with E-state index in [1.165, 1.54) is 6.20 Å². The maximum atomic E-state index is 11.7. The van der Waals surface area contributed by atoms with E-state index in [0.717, 1.165) is 4.90 Å². The van der Waals surface area contributed by atoms with Crippen LogP contribution in [0.2, 0.25) is 0 Å². The van der Waals surface area contributed by atoms with Gasteiger partial charge in [0, 0.05) is 11.9 Å². The van der Waals surface area contributed by atoms with Crippen molar-refractivity contribution < 1.29 is 24.6 Å². The number of aromatic nitrogens is 1. The first-order valence-electron chi connectivity index (χ1n) is 5.10. The second-order valence-electron chi connectivity index (χ2n) is 3.54. The summed E-state index contributed by atoms with van der Waals surface area (Å²) in [5, 5.41) is 17.2. The van der Waals surface area contributed by atoms with E-state index in [1.54, 1.807) is 18.2 Å². The van der Waals surface area contributed by atoms with E-state index >= 15 is 0 Å². The molecule has 7 nitrogen and oxygen atoms in total. The lowest BCUT2D eigenvalue weighted by Crippen LogP contribution is -2.40. The Balaban J connectivity index is 2.69. The lowest BCUT2D eigenvalue weighted by atomic mass is 10.2. The predicted octanol–water partition coefficient (Wildman–Crippen LogP) is -0.378. The van der Waals surface area contributed by atoms with Gasteiger partial charge in [0.2, 0.25) is 5.91 Å². The van der Waals surface area contributed by atoms with Crippen LogP contribution >= 0.6 is 0 Å². The normalized spacial score (nSPS) is 9.78. The third-order valence-corrected chi connectivity index (χ3v) is 2.06. The fraction of sp³-hybridized carbons (Fsp3) is 0.273. The summed E-state index contributed by atoms with van der Waals surface area (Å²) in [7, 11) is 0. The first-order valence-corrected chi connectivity index (χ1v) is 5.10. The highest BCUT2D eigenvalue weighted by molar-refractivity contribution is 5.86. The smallest absolute Gasteiger partial charge is 0.323 e. The Hall–Kier alpha value is -2.44. The van der Waals surface area contributed by atoms with Gasteiger partial charge in [0.25, 0.3) is 0 Å². The summed E-state index contributed by atoms with van der Waals surface area (Å²) in [5.41, 5.74) is 0.461. The van der Waals surface area contributed by atoms with E-state index in [0.29, 0.717) is 5.69 Å². The van der Waals surface area contributed by atoms with Crippen LogP contribution in [0.1, 0.15) is 5.69 Å². The van der Waals surface area contributed by atoms with Crippen LogP contribution in [0.3, 0.4) is 0 Å². The SMILES string of the molecule is O=C(O)CN(CC(=O)O)C(=O)Cc1ccccn1. The van der Waals surface area contributed by atoms with Crippen molar-refractivity contribution >= 4 is 17.8 Å². The fourth-order valence-corrected chi connectivity index (χ4v) is 1.33. The third-order valence-electron chi connectivity index (χ3n) is 2.06. The predicted molar refractivity (Wildman–Crippen MR) is 59.8 cm³/mol. The lowest BCUT2D eigenvalue weighted by Gasteiger charge is -2.18. The molecule has 0 spiro atoms. The summed E-state index contributed by atoms with van der Waals surface area (Å²) in [6.45, 7) is -1.28. The standard InChI is InChI=1S/C11H12N2O5/c14-9(5-8-3-1-2-4-12-8)13(6-10(15)16)7-11(17)18/h1-4H,5-7H2,(H,15,16)(H,17,18). The van der Waals surface area contributed by atoms with E-state index in [1.807, 2.05) is 0 Å². The number of nitrogens with zero attached hydrogens (tertiary/aromatic N) is 2. The van der Waals surface area contributed by atoms with Crippen molar-refractivity contribution in [3.63, 3.8) is 0 Å². The third kappa shape index (κ3) is 4.60. The van der Waals surface area contributed by atoms with Gasteiger partial charge in [0.1, 0.15) is 13.1 Å². The van der Waals surface area contributed by atoms with Crippen LogP contribution in [0.4, 0.5) is 0 Å². The number of carbonyl (C=O) groups excluding carboxylic acids is 1. The van der Waals surface area contributed by atoms with Gasteiger partial charge in [-0.3, -0.25) is 19.4 Å². The molecule has 0 aliphatic heterocycles. The number of carboxylic acids is 2. The maximum Gasteiger partial charge on any atom is 0.323 e. The molecule has 0 aromatic carbocycles. The molecular weight excluding hydrogens is 240 g/mol. The van der Waals surface area contributed by atoms with Gasteiger partial charge in [-0.2, -0.15) is 0 Å². The largest absolute Gasteiger partial charge is 0.480 e. The molecule has 1 aromatic rings. The molecule has 18 heavy (non-hydrogen) atoms. The van der Waals surface area contributed by atoms with E-state index < -0.39 is 30.9 Å². The van der Waals surface area contributed by atoms with Crippen molar-refractivity contribution in [2.75, 3.05) is 13.1 Å². The van der Waals surface area contributed by atoms with Crippen molar-refractivity contribution in [2.45, 2.75) is 6.42 Å². The van der Waals surface area contributed by atoms with Gasteiger partial charge in [-0.15, -0.1) is 0 Å². The topological polar surface area (TPSA) is 108 Å². The van der Waals surface area contributed by atoms with Crippen LogP contribution in [-0.4, -0.2) is 51.0 Å². The van der Waals surface area contributed by atoms with Gasteiger partial charge >= 0.3 is 11.9 Å². The zero-order chi connectivity index (χ0) is 13.5. The summed E-state index contributed by atoms with van der Waals surface area (Å²) >= 11 is 0. The van der Waals surface area contributed by atoms with Crippen molar-refractivity contribution in [2.24, 2.45) is 0 Å². The van der Waals surface area contributed by atoms with Crippen molar-refractivity contribution in [3.8, 4) is 0 Å². The Morgan fingerprint density at radius 2 is 1.72 bits per heavy atom. The van der Waals surface area contributed by atoms with Crippen molar-refractivity contribution in [3.05, 3.63) is 30.1 Å². The number of amides is 1. The molecule has 0 radical (unpaired) electrons. The molecular formula is C11H12N2O5. The average Bonchev–Trinajstić information content (AvgIpc) is 2.28. The van der Waals surface area contributed by atoms with Gasteiger partial charge in [0.05, 0.1) is 6.42 Å². The van der Waals surface area contributed by atoms with Crippen LogP contribution in [-0.2, 0) is 20.8 Å². The molecule has 1 heterocycles. The van der Waals surface area contributed by atoms with Crippen LogP contribution in [0.25, 0.3) is 0 Å². The number of hydrogen-bond donors (Lipinski definition) is 2.